The molecule has 3 rings (SSSR count). The number of nitrogens with one attached hydrogen (secondary N) is 1. The van der Waals surface area contributed by atoms with Crippen LogP contribution in [0.2, 0.25) is 0 Å². The van der Waals surface area contributed by atoms with E-state index in [0.717, 1.165) is 10.5 Å². The maximum atomic E-state index is 12.4. The maximum Gasteiger partial charge on any atom is 0.408 e. The summed E-state index contributed by atoms with van der Waals surface area (Å²) in [6.07, 6.45) is -0.247. The second-order valence-corrected chi connectivity index (χ2v) is 6.96. The number of benzene rings is 2. The van der Waals surface area contributed by atoms with Gasteiger partial charge in [0.25, 0.3) is 11.8 Å². The average Bonchev–Trinajstić information content (AvgIpc) is 3.03. The first-order chi connectivity index (χ1) is 15.0. The number of imide groups is 1. The largest absolute Gasteiger partial charge is 0.464 e. The van der Waals surface area contributed by atoms with Crippen LogP contribution in [0.15, 0.2) is 54.6 Å². The number of fused-ring (bicyclic) bond motifs is 1. The highest BCUT2D eigenvalue weighted by atomic mass is 16.6. The number of alkyl carbamates (subject to hydrolysis) is 1. The molecule has 0 spiro atoms. The van der Waals surface area contributed by atoms with Crippen LogP contribution in [-0.2, 0) is 20.9 Å². The average molecular weight is 424 g/mol. The van der Waals surface area contributed by atoms with E-state index in [9.17, 15) is 19.2 Å². The Hall–Kier alpha value is -3.68. The summed E-state index contributed by atoms with van der Waals surface area (Å²) in [5, 5.41) is 2.51. The van der Waals surface area contributed by atoms with Crippen molar-refractivity contribution in [3.63, 3.8) is 0 Å². The Morgan fingerprint density at radius 1 is 0.935 bits per heavy atom. The van der Waals surface area contributed by atoms with Crippen molar-refractivity contribution in [2.24, 2.45) is 0 Å². The second-order valence-electron chi connectivity index (χ2n) is 6.96. The summed E-state index contributed by atoms with van der Waals surface area (Å²) in [6, 6.07) is 14.8. The molecule has 0 saturated carbocycles. The predicted molar refractivity (Wildman–Crippen MR) is 111 cm³/mol. The molecule has 162 valence electrons. The highest BCUT2D eigenvalue weighted by Gasteiger charge is 2.35. The summed E-state index contributed by atoms with van der Waals surface area (Å²) in [4.78, 5) is 50.4. The molecule has 1 aliphatic heterocycles. The standard InChI is InChI=1S/C23H24N2O6/c1-2-30-22(28)19(24-23(29)31-15-16-9-4-3-5-10-16)13-8-14-25-20(26)17-11-6-7-12-18(17)21(25)27/h3-7,9-12,19H,2,8,13-15H2,1H3,(H,24,29)/t19-/m0/s1. The van der Waals surface area contributed by atoms with Gasteiger partial charge >= 0.3 is 12.1 Å². The van der Waals surface area contributed by atoms with Crippen LogP contribution in [0.25, 0.3) is 0 Å². The molecule has 0 aromatic heterocycles. The van der Waals surface area contributed by atoms with Crippen molar-refractivity contribution in [2.45, 2.75) is 32.4 Å². The summed E-state index contributed by atoms with van der Waals surface area (Å²) in [5.41, 5.74) is 1.56. The Balaban J connectivity index is 1.54. The van der Waals surface area contributed by atoms with Gasteiger partial charge in [-0.05, 0) is 37.5 Å². The number of nitrogens with zero attached hydrogens (tertiary/aromatic N) is 1. The number of hydrogen-bond acceptors (Lipinski definition) is 6. The molecule has 2 aromatic rings. The minimum absolute atomic E-state index is 0.0667. The Morgan fingerprint density at radius 3 is 2.16 bits per heavy atom. The van der Waals surface area contributed by atoms with Gasteiger partial charge in [0, 0.05) is 6.54 Å². The first-order valence-corrected chi connectivity index (χ1v) is 10.1. The van der Waals surface area contributed by atoms with Crippen molar-refractivity contribution in [2.75, 3.05) is 13.2 Å². The van der Waals surface area contributed by atoms with Crippen molar-refractivity contribution < 1.29 is 28.7 Å². The summed E-state index contributed by atoms with van der Waals surface area (Å²) >= 11 is 0. The Labute approximate surface area is 180 Å². The van der Waals surface area contributed by atoms with Crippen LogP contribution in [-0.4, -0.2) is 48.0 Å². The fourth-order valence-electron chi connectivity index (χ4n) is 3.29. The van der Waals surface area contributed by atoms with Gasteiger partial charge in [0.2, 0.25) is 0 Å². The molecule has 2 aromatic carbocycles. The van der Waals surface area contributed by atoms with Crippen LogP contribution >= 0.6 is 0 Å². The van der Waals surface area contributed by atoms with Gasteiger partial charge in [-0.3, -0.25) is 14.5 Å². The summed E-state index contributed by atoms with van der Waals surface area (Å²) in [7, 11) is 0. The van der Waals surface area contributed by atoms with Crippen molar-refractivity contribution in [3.8, 4) is 0 Å². The Bertz CT molecular complexity index is 925. The SMILES string of the molecule is CCOC(=O)[C@H](CCCN1C(=O)c2ccccc2C1=O)NC(=O)OCc1ccccc1. The number of carbonyl (C=O) groups excluding carboxylic acids is 4. The molecule has 0 aliphatic carbocycles. The Kier molecular flexibility index (Phi) is 7.37. The van der Waals surface area contributed by atoms with E-state index in [0.29, 0.717) is 17.5 Å². The predicted octanol–water partition coefficient (Wildman–Crippen LogP) is 2.92. The van der Waals surface area contributed by atoms with E-state index in [1.807, 2.05) is 30.3 Å². The molecule has 1 atom stereocenters. The van der Waals surface area contributed by atoms with Crippen LogP contribution in [0.3, 0.4) is 0 Å². The van der Waals surface area contributed by atoms with Gasteiger partial charge in [0.1, 0.15) is 12.6 Å². The van der Waals surface area contributed by atoms with E-state index >= 15 is 0 Å². The van der Waals surface area contributed by atoms with E-state index in [2.05, 4.69) is 5.32 Å². The number of rotatable bonds is 9. The molecule has 0 unspecified atom stereocenters. The molecular formula is C23H24N2O6. The highest BCUT2D eigenvalue weighted by molar-refractivity contribution is 6.21. The molecule has 3 amide bonds. The molecular weight excluding hydrogens is 400 g/mol. The smallest absolute Gasteiger partial charge is 0.408 e. The third kappa shape index (κ3) is 5.48. The summed E-state index contributed by atoms with van der Waals surface area (Å²) in [6.45, 7) is 2.02. The van der Waals surface area contributed by atoms with Crippen molar-refractivity contribution in [1.29, 1.82) is 0 Å². The lowest BCUT2D eigenvalue weighted by molar-refractivity contribution is -0.145. The van der Waals surface area contributed by atoms with Crippen molar-refractivity contribution in [3.05, 3.63) is 71.3 Å². The van der Waals surface area contributed by atoms with Gasteiger partial charge < -0.3 is 14.8 Å². The molecule has 0 bridgehead atoms. The fraction of sp³-hybridized carbons (Fsp3) is 0.304. The molecule has 0 radical (unpaired) electrons. The van der Waals surface area contributed by atoms with Crippen molar-refractivity contribution >= 4 is 23.9 Å². The van der Waals surface area contributed by atoms with Gasteiger partial charge in [-0.25, -0.2) is 9.59 Å². The van der Waals surface area contributed by atoms with Crippen LogP contribution < -0.4 is 5.32 Å². The van der Waals surface area contributed by atoms with E-state index in [4.69, 9.17) is 9.47 Å². The minimum Gasteiger partial charge on any atom is -0.464 e. The number of ether oxygens (including phenoxy) is 2. The molecule has 1 heterocycles. The quantitative estimate of drug-likeness (QED) is 0.491. The molecule has 0 fully saturated rings. The second kappa shape index (κ2) is 10.4. The zero-order valence-electron chi connectivity index (χ0n) is 17.2. The number of amides is 3. The monoisotopic (exact) mass is 424 g/mol. The van der Waals surface area contributed by atoms with E-state index in [1.165, 1.54) is 0 Å². The van der Waals surface area contributed by atoms with Gasteiger partial charge in [-0.2, -0.15) is 0 Å². The molecule has 0 saturated heterocycles. The number of carbonyl (C=O) groups is 4. The summed E-state index contributed by atoms with van der Waals surface area (Å²) < 4.78 is 10.2. The van der Waals surface area contributed by atoms with Gasteiger partial charge in [0.15, 0.2) is 0 Å². The first-order valence-electron chi connectivity index (χ1n) is 10.1. The minimum atomic E-state index is -0.946. The topological polar surface area (TPSA) is 102 Å². The Morgan fingerprint density at radius 2 is 1.55 bits per heavy atom. The fourth-order valence-corrected chi connectivity index (χ4v) is 3.29. The van der Waals surface area contributed by atoms with Gasteiger partial charge in [-0.1, -0.05) is 42.5 Å². The van der Waals surface area contributed by atoms with Crippen LogP contribution in [0.1, 0.15) is 46.0 Å². The lowest BCUT2D eigenvalue weighted by Crippen LogP contribution is -2.42. The lowest BCUT2D eigenvalue weighted by Gasteiger charge is -2.19. The third-order valence-corrected chi connectivity index (χ3v) is 4.83. The molecule has 8 heteroatoms. The molecule has 1 N–H and O–H groups in total. The maximum absolute atomic E-state index is 12.4. The van der Waals surface area contributed by atoms with E-state index in [1.54, 1.807) is 31.2 Å². The molecule has 8 nitrogen and oxygen atoms in total. The highest BCUT2D eigenvalue weighted by Crippen LogP contribution is 2.22. The third-order valence-electron chi connectivity index (χ3n) is 4.83. The van der Waals surface area contributed by atoms with Gasteiger partial charge in [0.05, 0.1) is 17.7 Å². The van der Waals surface area contributed by atoms with Gasteiger partial charge in [-0.15, -0.1) is 0 Å². The molecule has 1 aliphatic rings. The number of hydrogen-bond donors (Lipinski definition) is 1. The lowest BCUT2D eigenvalue weighted by atomic mass is 10.1. The van der Waals surface area contributed by atoms with Crippen LogP contribution in [0, 0.1) is 0 Å². The number of esters is 1. The van der Waals surface area contributed by atoms with Crippen molar-refractivity contribution in [1.82, 2.24) is 10.2 Å². The van der Waals surface area contributed by atoms with E-state index in [-0.39, 0.29) is 38.0 Å². The zero-order valence-corrected chi connectivity index (χ0v) is 17.2. The van der Waals surface area contributed by atoms with Crippen LogP contribution in [0.5, 0.6) is 0 Å². The zero-order chi connectivity index (χ0) is 22.2. The molecule has 31 heavy (non-hydrogen) atoms. The van der Waals surface area contributed by atoms with Crippen LogP contribution in [0.4, 0.5) is 4.79 Å². The summed E-state index contributed by atoms with van der Waals surface area (Å²) in [5.74, 6) is -1.31. The first kappa shape index (κ1) is 22.0. The normalized spacial score (nSPS) is 13.5. The van der Waals surface area contributed by atoms with E-state index < -0.39 is 18.1 Å².